The van der Waals surface area contributed by atoms with Crippen LogP contribution in [0.1, 0.15) is 50.5 Å². The lowest BCUT2D eigenvalue weighted by atomic mass is 10.0. The number of hydrogen-bond donors (Lipinski definition) is 1. The predicted molar refractivity (Wildman–Crippen MR) is 118 cm³/mol. The third-order valence-corrected chi connectivity index (χ3v) is 5.92. The number of nitrogens with zero attached hydrogens (tertiary/aromatic N) is 2. The first kappa shape index (κ1) is 22.4. The topological polar surface area (TPSA) is 73.2 Å². The molecule has 0 fully saturated rings. The van der Waals surface area contributed by atoms with E-state index in [-0.39, 0.29) is 11.9 Å². The minimum absolute atomic E-state index is 0.0241. The van der Waals surface area contributed by atoms with Gasteiger partial charge in [-0.2, -0.15) is 0 Å². The van der Waals surface area contributed by atoms with E-state index in [1.165, 1.54) is 9.12 Å². The maximum absolute atomic E-state index is 12.5. The fourth-order valence-electron chi connectivity index (χ4n) is 2.72. The van der Waals surface area contributed by atoms with Crippen LogP contribution in [0, 0.1) is 5.92 Å². The standard InChI is InChI=1S/C18H23ClIN3O3S/c1-10(2)15(17(25)26-18(3,4)5)21-6-12-13(19)7-22-16-14(12)11(9-24)8-23(16)27-20/h7-10,15,21H,6H2,1-5H3. The molecule has 0 aromatic carbocycles. The molecule has 0 aliphatic heterocycles. The Morgan fingerprint density at radius 1 is 1.48 bits per heavy atom. The van der Waals surface area contributed by atoms with Crippen molar-refractivity contribution in [3.63, 3.8) is 0 Å². The van der Waals surface area contributed by atoms with Gasteiger partial charge in [0.15, 0.2) is 11.9 Å². The quantitative estimate of drug-likeness (QED) is 0.319. The average Bonchev–Trinajstić information content (AvgIpc) is 2.92. The van der Waals surface area contributed by atoms with Gasteiger partial charge in [0.25, 0.3) is 0 Å². The van der Waals surface area contributed by atoms with Crippen LogP contribution >= 0.6 is 41.9 Å². The fraction of sp³-hybridized carbons (Fsp3) is 0.500. The molecule has 2 aromatic heterocycles. The van der Waals surface area contributed by atoms with Crippen molar-refractivity contribution in [3.05, 3.63) is 28.5 Å². The number of fused-ring (bicyclic) bond motifs is 1. The summed E-state index contributed by atoms with van der Waals surface area (Å²) in [5.74, 6) is -0.286. The summed E-state index contributed by atoms with van der Waals surface area (Å²) in [5, 5.41) is 4.39. The normalized spacial score (nSPS) is 13.2. The zero-order valence-electron chi connectivity index (χ0n) is 15.9. The fourth-order valence-corrected chi connectivity index (χ4v) is 4.19. The summed E-state index contributed by atoms with van der Waals surface area (Å²) >= 11 is 8.51. The summed E-state index contributed by atoms with van der Waals surface area (Å²) in [6, 6.07) is -0.496. The molecule has 0 bridgehead atoms. The minimum atomic E-state index is -0.563. The summed E-state index contributed by atoms with van der Waals surface area (Å²) in [7, 11) is 1.42. The van der Waals surface area contributed by atoms with Crippen LogP contribution in [-0.2, 0) is 16.1 Å². The monoisotopic (exact) mass is 523 g/mol. The van der Waals surface area contributed by atoms with Crippen LogP contribution in [0.25, 0.3) is 11.0 Å². The van der Waals surface area contributed by atoms with Gasteiger partial charge in [-0.1, -0.05) is 25.4 Å². The van der Waals surface area contributed by atoms with Gasteiger partial charge in [-0.3, -0.25) is 18.9 Å². The molecule has 0 radical (unpaired) electrons. The molecule has 1 N–H and O–H groups in total. The maximum atomic E-state index is 12.5. The zero-order valence-corrected chi connectivity index (χ0v) is 19.6. The molecule has 9 heteroatoms. The van der Waals surface area contributed by atoms with E-state index in [9.17, 15) is 9.59 Å². The molecule has 27 heavy (non-hydrogen) atoms. The third-order valence-electron chi connectivity index (χ3n) is 3.90. The highest BCUT2D eigenvalue weighted by Crippen LogP contribution is 2.32. The van der Waals surface area contributed by atoms with E-state index in [1.54, 1.807) is 12.4 Å². The van der Waals surface area contributed by atoms with Gasteiger partial charge in [0.1, 0.15) is 11.6 Å². The number of aldehydes is 1. The second kappa shape index (κ2) is 9.11. The van der Waals surface area contributed by atoms with Crippen LogP contribution < -0.4 is 5.32 Å². The van der Waals surface area contributed by atoms with Gasteiger partial charge in [0, 0.05) is 60.2 Å². The van der Waals surface area contributed by atoms with Crippen LogP contribution in [0.3, 0.4) is 0 Å². The highest BCUT2D eigenvalue weighted by Gasteiger charge is 2.28. The van der Waals surface area contributed by atoms with Crippen LogP contribution in [0.2, 0.25) is 5.02 Å². The molecular formula is C18H23ClIN3O3S. The lowest BCUT2D eigenvalue weighted by molar-refractivity contribution is -0.158. The second-order valence-electron chi connectivity index (χ2n) is 7.52. The van der Waals surface area contributed by atoms with E-state index < -0.39 is 11.6 Å². The Morgan fingerprint density at radius 3 is 2.67 bits per heavy atom. The Labute approximate surface area is 180 Å². The molecule has 2 rings (SSSR count). The van der Waals surface area contributed by atoms with E-state index in [4.69, 9.17) is 16.3 Å². The van der Waals surface area contributed by atoms with Crippen molar-refractivity contribution in [1.29, 1.82) is 0 Å². The zero-order chi connectivity index (χ0) is 20.4. The largest absolute Gasteiger partial charge is 0.459 e. The molecule has 0 saturated carbocycles. The van der Waals surface area contributed by atoms with Crippen molar-refractivity contribution in [2.24, 2.45) is 5.92 Å². The second-order valence-corrected chi connectivity index (χ2v) is 9.64. The van der Waals surface area contributed by atoms with Gasteiger partial charge in [0.2, 0.25) is 0 Å². The Balaban J connectivity index is 2.37. The van der Waals surface area contributed by atoms with Crippen molar-refractivity contribution in [1.82, 2.24) is 14.3 Å². The molecule has 0 saturated heterocycles. The van der Waals surface area contributed by atoms with E-state index in [2.05, 4.69) is 31.5 Å². The minimum Gasteiger partial charge on any atom is -0.459 e. The third kappa shape index (κ3) is 5.36. The first-order valence-electron chi connectivity index (χ1n) is 8.48. The van der Waals surface area contributed by atoms with Gasteiger partial charge < -0.3 is 4.74 Å². The Bertz CT molecular complexity index is 848. The molecular weight excluding hydrogens is 501 g/mol. The molecule has 2 aromatic rings. The predicted octanol–water partition coefficient (Wildman–Crippen LogP) is 4.80. The Morgan fingerprint density at radius 2 is 2.15 bits per heavy atom. The number of pyridine rings is 1. The smallest absolute Gasteiger partial charge is 0.323 e. The number of halogens is 2. The molecule has 148 valence electrons. The summed E-state index contributed by atoms with van der Waals surface area (Å²) in [6.07, 6.45) is 4.09. The number of hydrogen-bond acceptors (Lipinski definition) is 6. The SMILES string of the molecule is CC(C)C(NCc1c(Cl)cnc2c1c(C=O)cn2SI)C(=O)OC(C)(C)C. The van der Waals surface area contributed by atoms with E-state index in [0.717, 1.165) is 11.8 Å². The number of nitrogens with one attached hydrogen (secondary N) is 1. The molecule has 2 heterocycles. The van der Waals surface area contributed by atoms with Crippen molar-refractivity contribution >= 4 is 65.2 Å². The van der Waals surface area contributed by atoms with E-state index in [1.807, 2.05) is 38.6 Å². The Hall–Kier alpha value is -0.840. The van der Waals surface area contributed by atoms with Gasteiger partial charge in [-0.25, -0.2) is 4.98 Å². The van der Waals surface area contributed by atoms with Gasteiger partial charge in [-0.15, -0.1) is 0 Å². The van der Waals surface area contributed by atoms with Crippen LogP contribution in [0.4, 0.5) is 0 Å². The highest BCUT2D eigenvalue weighted by molar-refractivity contribution is 14.2. The highest BCUT2D eigenvalue weighted by atomic mass is 127. The summed E-state index contributed by atoms with van der Waals surface area (Å²) in [6.45, 7) is 9.73. The number of ether oxygens (including phenoxy) is 1. The van der Waals surface area contributed by atoms with Gasteiger partial charge >= 0.3 is 5.97 Å². The lowest BCUT2D eigenvalue weighted by Crippen LogP contribution is -2.44. The lowest BCUT2D eigenvalue weighted by Gasteiger charge is -2.26. The molecule has 0 spiro atoms. The van der Waals surface area contributed by atoms with Crippen molar-refractivity contribution in [2.45, 2.75) is 52.8 Å². The molecule has 1 atom stereocenters. The number of carbonyl (C=O) groups is 2. The molecule has 0 aliphatic carbocycles. The van der Waals surface area contributed by atoms with Crippen molar-refractivity contribution < 1.29 is 14.3 Å². The number of aromatic nitrogens is 2. The number of rotatable bonds is 7. The molecule has 0 aliphatic rings. The maximum Gasteiger partial charge on any atom is 0.323 e. The summed E-state index contributed by atoms with van der Waals surface area (Å²) in [4.78, 5) is 28.4. The first-order chi connectivity index (χ1) is 12.6. The molecule has 0 amide bonds. The number of carbonyl (C=O) groups excluding carboxylic acids is 2. The molecule has 6 nitrogen and oxygen atoms in total. The van der Waals surface area contributed by atoms with Gasteiger partial charge in [0.05, 0.1) is 5.02 Å². The van der Waals surface area contributed by atoms with Crippen LogP contribution in [0.15, 0.2) is 12.4 Å². The Kier molecular flexibility index (Phi) is 7.57. The van der Waals surface area contributed by atoms with Gasteiger partial charge in [-0.05, 0) is 32.3 Å². The van der Waals surface area contributed by atoms with Crippen LogP contribution in [-0.4, -0.2) is 32.9 Å². The summed E-state index contributed by atoms with van der Waals surface area (Å²) < 4.78 is 7.34. The van der Waals surface area contributed by atoms with Crippen molar-refractivity contribution in [3.8, 4) is 0 Å². The van der Waals surface area contributed by atoms with E-state index in [0.29, 0.717) is 28.2 Å². The van der Waals surface area contributed by atoms with Crippen LogP contribution in [0.5, 0.6) is 0 Å². The summed E-state index contributed by atoms with van der Waals surface area (Å²) in [5.41, 5.74) is 1.35. The van der Waals surface area contributed by atoms with Crippen molar-refractivity contribution in [2.75, 3.05) is 0 Å². The first-order valence-corrected chi connectivity index (χ1v) is 12.2. The average molecular weight is 524 g/mol. The number of esters is 1. The molecule has 1 unspecified atom stereocenters. The van der Waals surface area contributed by atoms with E-state index >= 15 is 0 Å².